The molecule has 0 amide bonds. The van der Waals surface area contributed by atoms with Gasteiger partial charge in [-0.3, -0.25) is 0 Å². The molecule has 0 aromatic heterocycles. The van der Waals surface area contributed by atoms with Gasteiger partial charge < -0.3 is 9.84 Å². The molecular weight excluding hydrogens is 312 g/mol. The molecule has 3 nitrogen and oxygen atoms in total. The number of benzene rings is 4. The van der Waals surface area contributed by atoms with Crippen LogP contribution in [0.25, 0.3) is 32.7 Å². The first-order valence-corrected chi connectivity index (χ1v) is 8.00. The number of hydrogen-bond donors (Lipinski definition) is 1. The molecule has 0 atom stereocenters. The minimum absolute atomic E-state index is 0.258. The van der Waals surface area contributed by atoms with Crippen LogP contribution in [-0.4, -0.2) is 18.2 Å². The molecule has 0 saturated carbocycles. The number of aromatic hydroxyl groups is 1. The van der Waals surface area contributed by atoms with Crippen molar-refractivity contribution in [1.82, 2.24) is 0 Å². The lowest BCUT2D eigenvalue weighted by atomic mass is 9.94. The van der Waals surface area contributed by atoms with Crippen LogP contribution >= 0.6 is 0 Å². The summed E-state index contributed by atoms with van der Waals surface area (Å²) in [5, 5.41) is 13.5. The Morgan fingerprint density at radius 2 is 1.56 bits per heavy atom. The standard InChI is InChI=1S/C22H16O3/c1-25-22(24)21-11-10-18(19-4-2-3-5-20(19)21)16-7-6-15-13-17(23)9-8-14(15)12-16/h2-13,23H,1H3. The summed E-state index contributed by atoms with van der Waals surface area (Å²) in [5.74, 6) is -0.0788. The number of hydrogen-bond acceptors (Lipinski definition) is 3. The second-order valence-corrected chi connectivity index (χ2v) is 5.94. The van der Waals surface area contributed by atoms with Crippen molar-refractivity contribution in [1.29, 1.82) is 0 Å². The Hall–Kier alpha value is -3.33. The number of fused-ring (bicyclic) bond motifs is 2. The predicted molar refractivity (Wildman–Crippen MR) is 99.9 cm³/mol. The van der Waals surface area contributed by atoms with Crippen LogP contribution in [0, 0.1) is 0 Å². The number of carbonyl (C=O) groups is 1. The molecule has 0 aliphatic heterocycles. The highest BCUT2D eigenvalue weighted by Gasteiger charge is 2.13. The van der Waals surface area contributed by atoms with Gasteiger partial charge >= 0.3 is 5.97 Å². The van der Waals surface area contributed by atoms with Gasteiger partial charge in [0.2, 0.25) is 0 Å². The molecular formula is C22H16O3. The summed E-state index contributed by atoms with van der Waals surface area (Å²) in [5.41, 5.74) is 2.68. The summed E-state index contributed by atoms with van der Waals surface area (Å²) in [6.07, 6.45) is 0. The molecule has 0 bridgehead atoms. The summed E-state index contributed by atoms with van der Waals surface area (Å²) >= 11 is 0. The molecule has 25 heavy (non-hydrogen) atoms. The van der Waals surface area contributed by atoms with Gasteiger partial charge in [0.1, 0.15) is 5.75 Å². The van der Waals surface area contributed by atoms with Crippen molar-refractivity contribution in [3.63, 3.8) is 0 Å². The lowest BCUT2D eigenvalue weighted by molar-refractivity contribution is 0.0603. The highest BCUT2D eigenvalue weighted by atomic mass is 16.5. The average molecular weight is 328 g/mol. The highest BCUT2D eigenvalue weighted by Crippen LogP contribution is 2.33. The molecule has 0 heterocycles. The number of rotatable bonds is 2. The number of ether oxygens (including phenoxy) is 1. The highest BCUT2D eigenvalue weighted by molar-refractivity contribution is 6.09. The monoisotopic (exact) mass is 328 g/mol. The van der Waals surface area contributed by atoms with Crippen LogP contribution in [0.15, 0.2) is 72.8 Å². The molecule has 0 radical (unpaired) electrons. The molecule has 4 aromatic carbocycles. The summed E-state index contributed by atoms with van der Waals surface area (Å²) in [6.45, 7) is 0. The van der Waals surface area contributed by atoms with E-state index in [1.54, 1.807) is 12.1 Å². The van der Waals surface area contributed by atoms with E-state index in [1.165, 1.54) is 7.11 Å². The van der Waals surface area contributed by atoms with E-state index in [2.05, 4.69) is 6.07 Å². The van der Waals surface area contributed by atoms with Gasteiger partial charge in [0.25, 0.3) is 0 Å². The quantitative estimate of drug-likeness (QED) is 0.517. The average Bonchev–Trinajstić information content (AvgIpc) is 2.66. The topological polar surface area (TPSA) is 46.5 Å². The Morgan fingerprint density at radius 1 is 0.840 bits per heavy atom. The first-order chi connectivity index (χ1) is 12.2. The molecule has 0 fully saturated rings. The molecule has 4 aromatic rings. The summed E-state index contributed by atoms with van der Waals surface area (Å²) in [6, 6.07) is 23.0. The summed E-state index contributed by atoms with van der Waals surface area (Å²) in [7, 11) is 1.39. The minimum atomic E-state index is -0.336. The number of methoxy groups -OCH3 is 1. The lowest BCUT2D eigenvalue weighted by Gasteiger charge is -2.11. The number of phenolic OH excluding ortho intramolecular Hbond substituents is 1. The van der Waals surface area contributed by atoms with Crippen molar-refractivity contribution >= 4 is 27.5 Å². The van der Waals surface area contributed by atoms with Gasteiger partial charge in [0.15, 0.2) is 0 Å². The van der Waals surface area contributed by atoms with Gasteiger partial charge in [-0.15, -0.1) is 0 Å². The van der Waals surface area contributed by atoms with E-state index < -0.39 is 0 Å². The first-order valence-electron chi connectivity index (χ1n) is 8.00. The Kier molecular flexibility index (Phi) is 3.62. The van der Waals surface area contributed by atoms with Crippen molar-refractivity contribution in [2.24, 2.45) is 0 Å². The third-order valence-corrected chi connectivity index (χ3v) is 4.46. The second-order valence-electron chi connectivity index (χ2n) is 5.94. The van der Waals surface area contributed by atoms with Crippen LogP contribution in [0.3, 0.4) is 0 Å². The molecule has 0 saturated heterocycles. The summed E-state index contributed by atoms with van der Waals surface area (Å²) < 4.78 is 4.90. The first kappa shape index (κ1) is 15.2. The second kappa shape index (κ2) is 5.95. The van der Waals surface area contributed by atoms with Crippen molar-refractivity contribution < 1.29 is 14.6 Å². The van der Waals surface area contributed by atoms with Crippen LogP contribution in [0.4, 0.5) is 0 Å². The summed E-state index contributed by atoms with van der Waals surface area (Å²) in [4.78, 5) is 12.0. The lowest BCUT2D eigenvalue weighted by Crippen LogP contribution is -2.02. The van der Waals surface area contributed by atoms with E-state index in [0.29, 0.717) is 5.56 Å². The van der Waals surface area contributed by atoms with Crippen molar-refractivity contribution in [2.75, 3.05) is 7.11 Å². The Balaban J connectivity index is 1.95. The van der Waals surface area contributed by atoms with Crippen molar-refractivity contribution in [3.05, 3.63) is 78.4 Å². The fourth-order valence-electron chi connectivity index (χ4n) is 3.24. The Labute approximate surface area is 145 Å². The maximum absolute atomic E-state index is 12.0. The van der Waals surface area contributed by atoms with Crippen LogP contribution < -0.4 is 0 Å². The van der Waals surface area contributed by atoms with E-state index in [9.17, 15) is 9.90 Å². The van der Waals surface area contributed by atoms with Crippen molar-refractivity contribution in [3.8, 4) is 16.9 Å². The largest absolute Gasteiger partial charge is 0.508 e. The van der Waals surface area contributed by atoms with Gasteiger partial charge in [0.05, 0.1) is 12.7 Å². The zero-order valence-corrected chi connectivity index (χ0v) is 13.7. The normalized spacial score (nSPS) is 10.9. The van der Waals surface area contributed by atoms with E-state index >= 15 is 0 Å². The molecule has 0 aliphatic carbocycles. The minimum Gasteiger partial charge on any atom is -0.508 e. The Bertz CT molecular complexity index is 1110. The van der Waals surface area contributed by atoms with E-state index in [4.69, 9.17) is 4.74 Å². The molecule has 122 valence electrons. The maximum atomic E-state index is 12.0. The van der Waals surface area contributed by atoms with E-state index in [1.807, 2.05) is 54.6 Å². The number of phenols is 1. The molecule has 0 unspecified atom stereocenters. The fraction of sp³-hybridized carbons (Fsp3) is 0.0455. The van der Waals surface area contributed by atoms with E-state index in [0.717, 1.165) is 32.7 Å². The van der Waals surface area contributed by atoms with Crippen LogP contribution in [-0.2, 0) is 4.74 Å². The molecule has 0 spiro atoms. The third-order valence-electron chi connectivity index (χ3n) is 4.46. The van der Waals surface area contributed by atoms with Gasteiger partial charge in [-0.05, 0) is 56.9 Å². The third kappa shape index (κ3) is 2.60. The Morgan fingerprint density at radius 3 is 2.36 bits per heavy atom. The molecule has 1 N–H and O–H groups in total. The number of carbonyl (C=O) groups excluding carboxylic acids is 1. The number of esters is 1. The zero-order chi connectivity index (χ0) is 17.4. The molecule has 0 aliphatic rings. The van der Waals surface area contributed by atoms with Crippen molar-refractivity contribution in [2.45, 2.75) is 0 Å². The van der Waals surface area contributed by atoms with Gasteiger partial charge in [-0.2, -0.15) is 0 Å². The fourth-order valence-corrected chi connectivity index (χ4v) is 3.24. The van der Waals surface area contributed by atoms with Crippen LogP contribution in [0.5, 0.6) is 5.75 Å². The predicted octanol–water partition coefficient (Wildman–Crippen LogP) is 5.15. The van der Waals surface area contributed by atoms with Crippen LogP contribution in [0.1, 0.15) is 10.4 Å². The van der Waals surface area contributed by atoms with Crippen LogP contribution in [0.2, 0.25) is 0 Å². The molecule has 4 rings (SSSR count). The SMILES string of the molecule is COC(=O)c1ccc(-c2ccc3cc(O)ccc3c2)c2ccccc12. The van der Waals surface area contributed by atoms with Gasteiger partial charge in [0, 0.05) is 0 Å². The maximum Gasteiger partial charge on any atom is 0.338 e. The zero-order valence-electron chi connectivity index (χ0n) is 13.7. The van der Waals surface area contributed by atoms with Gasteiger partial charge in [-0.1, -0.05) is 48.5 Å². The molecule has 3 heteroatoms. The van der Waals surface area contributed by atoms with Gasteiger partial charge in [-0.25, -0.2) is 4.79 Å². The van der Waals surface area contributed by atoms with E-state index in [-0.39, 0.29) is 11.7 Å². The smallest absolute Gasteiger partial charge is 0.338 e.